The number of unbranched alkanes of at least 4 members (excludes halogenated alkanes) is 1. The van der Waals surface area contributed by atoms with E-state index in [1.807, 2.05) is 76.5 Å². The number of methoxy groups -OCH3 is 1. The Bertz CT molecular complexity index is 1760. The van der Waals surface area contributed by atoms with Gasteiger partial charge in [-0.05, 0) is 85.5 Å². The van der Waals surface area contributed by atoms with Gasteiger partial charge in [0.15, 0.2) is 17.7 Å². The Labute approximate surface area is 349 Å². The second-order valence-corrected chi connectivity index (χ2v) is 17.4. The number of cyclic esters (lactones) is 1. The molecule has 5 heterocycles. The highest BCUT2D eigenvalue weighted by atomic mass is 16.7. The molecule has 1 amide bonds. The van der Waals surface area contributed by atoms with Crippen molar-refractivity contribution < 1.29 is 48.0 Å². The van der Waals surface area contributed by atoms with Crippen molar-refractivity contribution in [1.82, 2.24) is 24.3 Å². The molecule has 0 aliphatic carbocycles. The van der Waals surface area contributed by atoms with Crippen LogP contribution in [0.3, 0.4) is 0 Å². The maximum atomic E-state index is 14.8. The Morgan fingerprint density at radius 2 is 1.66 bits per heavy atom. The molecule has 0 aromatic carbocycles. The van der Waals surface area contributed by atoms with E-state index >= 15 is 0 Å². The lowest BCUT2D eigenvalue weighted by Gasteiger charge is -2.47. The number of ketones is 2. The smallest absolute Gasteiger partial charge is 0.410 e. The molecular formula is C44H67N5O10. The fourth-order valence-corrected chi connectivity index (χ4v) is 9.73. The van der Waals surface area contributed by atoms with Crippen molar-refractivity contribution in [2.24, 2.45) is 23.7 Å². The summed E-state index contributed by atoms with van der Waals surface area (Å²) in [4.78, 5) is 69.5. The van der Waals surface area contributed by atoms with Crippen LogP contribution in [0.5, 0.6) is 0 Å². The van der Waals surface area contributed by atoms with Crippen LogP contribution in [-0.2, 0) is 44.6 Å². The number of aryl methyl sites for hydroxylation is 1. The number of aromatic nitrogens is 3. The highest BCUT2D eigenvalue weighted by Crippen LogP contribution is 2.45. The van der Waals surface area contributed by atoms with Crippen molar-refractivity contribution in [3.8, 4) is 11.3 Å². The fourth-order valence-electron chi connectivity index (χ4n) is 9.73. The van der Waals surface area contributed by atoms with E-state index in [-0.39, 0.29) is 37.2 Å². The van der Waals surface area contributed by atoms with E-state index in [4.69, 9.17) is 23.7 Å². The number of nitrogens with zero attached hydrogens (tertiary/aromatic N) is 5. The minimum Gasteiger partial charge on any atom is -0.457 e. The highest BCUT2D eigenvalue weighted by molar-refractivity contribution is 6.00. The van der Waals surface area contributed by atoms with Gasteiger partial charge in [0.25, 0.3) is 0 Å². The molecule has 3 fully saturated rings. The number of hydrogen-bond donors (Lipinski definition) is 1. The number of aliphatic hydroxyl groups is 1. The Hall–Kier alpha value is -3.76. The molecule has 328 valence electrons. The average Bonchev–Trinajstić information content (AvgIpc) is 3.82. The van der Waals surface area contributed by atoms with E-state index in [0.29, 0.717) is 32.4 Å². The summed E-state index contributed by atoms with van der Waals surface area (Å²) in [6.07, 6.45) is 4.79. The Kier molecular flexibility index (Phi) is 15.2. The number of likely N-dealkylation sites (N-methyl/N-ethyl adjacent to an activating group) is 1. The predicted molar refractivity (Wildman–Crippen MR) is 219 cm³/mol. The summed E-state index contributed by atoms with van der Waals surface area (Å²) in [7, 11) is 5.25. The van der Waals surface area contributed by atoms with Crippen LogP contribution in [0.2, 0.25) is 0 Å². The van der Waals surface area contributed by atoms with Gasteiger partial charge >= 0.3 is 12.1 Å². The fraction of sp³-hybridized carbons (Fsp3) is 0.727. The number of imidazole rings is 1. The summed E-state index contributed by atoms with van der Waals surface area (Å²) in [5.41, 5.74) is -0.822. The van der Waals surface area contributed by atoms with Gasteiger partial charge in [-0.15, -0.1) is 0 Å². The molecule has 2 aromatic heterocycles. The topological polar surface area (TPSA) is 172 Å². The van der Waals surface area contributed by atoms with Gasteiger partial charge < -0.3 is 43.2 Å². The third-order valence-corrected chi connectivity index (χ3v) is 13.2. The van der Waals surface area contributed by atoms with Crippen LogP contribution in [0.4, 0.5) is 4.79 Å². The van der Waals surface area contributed by atoms with Crippen molar-refractivity contribution in [3.05, 3.63) is 37.1 Å². The van der Waals surface area contributed by atoms with Crippen LogP contribution in [0.25, 0.3) is 11.3 Å². The molecule has 2 aromatic rings. The molecule has 3 aliphatic rings. The number of hydrogen-bond acceptors (Lipinski definition) is 13. The van der Waals surface area contributed by atoms with Gasteiger partial charge in [0.05, 0.1) is 35.9 Å². The molecule has 0 saturated carbocycles. The lowest BCUT2D eigenvalue weighted by molar-refractivity contribution is -0.295. The van der Waals surface area contributed by atoms with E-state index in [1.54, 1.807) is 37.5 Å². The molecule has 1 N–H and O–H groups in total. The number of aliphatic hydroxyl groups excluding tert-OH is 1. The molecule has 0 bridgehead atoms. The molecule has 0 spiro atoms. The number of ether oxygens (including phenoxy) is 5. The number of carbonyl (C=O) groups excluding carboxylic acids is 4. The molecule has 1 unspecified atom stereocenters. The van der Waals surface area contributed by atoms with Crippen LogP contribution in [0.1, 0.15) is 93.9 Å². The van der Waals surface area contributed by atoms with Crippen LogP contribution < -0.4 is 0 Å². The van der Waals surface area contributed by atoms with Crippen LogP contribution in [0, 0.1) is 23.7 Å². The van der Waals surface area contributed by atoms with Crippen molar-refractivity contribution in [3.63, 3.8) is 0 Å². The standard InChI is InChI=1S/C44H67N5O10/c1-12-34-44(13-2)38(49(42(54)59-44)21-15-14-20-48-24-32(46-25-48)31-16-18-45-19-17-31)28(5)35(50)26(3)23-43(8,55-11)39(29(6)36(51)30(7)40(53)57-34)58-41-37(52)33(47(9)10)22-27(4)56-41/h16-19,24-30,33-34,37-39,41,52H,12-15,20-23H2,1-11H3/t26-,27-,28+,29+,30-,33+,34-,37-,38-,39-,41?,43+,44-/m1/s1. The maximum absolute atomic E-state index is 14.8. The Morgan fingerprint density at radius 1 is 0.983 bits per heavy atom. The minimum absolute atomic E-state index is 0.132. The Balaban J connectivity index is 1.46. The first kappa shape index (κ1) is 46.3. The van der Waals surface area contributed by atoms with Gasteiger partial charge in [0.1, 0.15) is 23.9 Å². The summed E-state index contributed by atoms with van der Waals surface area (Å²) < 4.78 is 33.5. The molecule has 59 heavy (non-hydrogen) atoms. The lowest BCUT2D eigenvalue weighted by atomic mass is 9.72. The SMILES string of the molecule is CC[C@H]1OC(=O)[C@H](C)C(=O)[C@H](C)[C@@H](OC2O[C@H](C)C[C@H](N(C)C)[C@H]2O)[C@@](C)(OC)C[C@@H](C)C(=O)[C@H](C)[C@H]2N(CCCCn3cnc(-c4ccncc4)c3)C(=O)O[C@]12CC. The number of rotatable bonds is 12. The summed E-state index contributed by atoms with van der Waals surface area (Å²) in [5.74, 6) is -4.92. The summed E-state index contributed by atoms with van der Waals surface area (Å²) in [6, 6.07) is 2.75. The van der Waals surface area contributed by atoms with Crippen molar-refractivity contribution in [2.75, 3.05) is 27.7 Å². The molecule has 3 aliphatic heterocycles. The van der Waals surface area contributed by atoms with Crippen LogP contribution in [-0.4, -0.2) is 135 Å². The van der Waals surface area contributed by atoms with Crippen molar-refractivity contribution in [1.29, 1.82) is 0 Å². The Morgan fingerprint density at radius 3 is 2.29 bits per heavy atom. The second-order valence-electron chi connectivity index (χ2n) is 17.4. The number of carbonyl (C=O) groups is 4. The van der Waals surface area contributed by atoms with E-state index in [9.17, 15) is 24.3 Å². The van der Waals surface area contributed by atoms with Crippen LogP contribution >= 0.6 is 0 Å². The average molecular weight is 826 g/mol. The number of pyridine rings is 1. The number of esters is 1. The van der Waals surface area contributed by atoms with E-state index in [2.05, 4.69) is 9.97 Å². The summed E-state index contributed by atoms with van der Waals surface area (Å²) in [6.45, 7) is 15.2. The quantitative estimate of drug-likeness (QED) is 0.166. The lowest BCUT2D eigenvalue weighted by Crippen LogP contribution is -2.61. The van der Waals surface area contributed by atoms with Gasteiger partial charge in [-0.1, -0.05) is 34.6 Å². The monoisotopic (exact) mass is 825 g/mol. The number of Topliss-reactive ketones (excluding diaryl/α,β-unsaturated/α-hetero) is 2. The first-order chi connectivity index (χ1) is 27.9. The molecule has 5 rings (SSSR count). The van der Waals surface area contributed by atoms with Gasteiger partial charge in [-0.3, -0.25) is 19.4 Å². The summed E-state index contributed by atoms with van der Waals surface area (Å²) >= 11 is 0. The van der Waals surface area contributed by atoms with Crippen molar-refractivity contribution in [2.45, 2.75) is 154 Å². The van der Waals surface area contributed by atoms with Gasteiger partial charge in [-0.2, -0.15) is 0 Å². The molecular weight excluding hydrogens is 759 g/mol. The van der Waals surface area contributed by atoms with Crippen LogP contribution in [0.15, 0.2) is 37.1 Å². The number of amides is 1. The van der Waals surface area contributed by atoms with E-state index in [0.717, 1.165) is 11.3 Å². The zero-order valence-corrected chi connectivity index (χ0v) is 36.8. The first-order valence-corrected chi connectivity index (χ1v) is 21.3. The zero-order valence-electron chi connectivity index (χ0n) is 36.8. The molecule has 3 saturated heterocycles. The summed E-state index contributed by atoms with van der Waals surface area (Å²) in [5, 5.41) is 11.5. The minimum atomic E-state index is -1.36. The number of fused-ring (bicyclic) bond motifs is 1. The van der Waals surface area contributed by atoms with Gasteiger partial charge in [-0.25, -0.2) is 9.78 Å². The second kappa shape index (κ2) is 19.3. The highest BCUT2D eigenvalue weighted by Gasteiger charge is 2.62. The third kappa shape index (κ3) is 9.59. The van der Waals surface area contributed by atoms with Gasteiger partial charge in [0, 0.05) is 68.1 Å². The van der Waals surface area contributed by atoms with E-state index < -0.39 is 83.4 Å². The molecule has 15 nitrogen and oxygen atoms in total. The normalized spacial score (nSPS) is 36.3. The molecule has 13 atom stereocenters. The third-order valence-electron chi connectivity index (χ3n) is 13.2. The predicted octanol–water partition coefficient (Wildman–Crippen LogP) is 5.32. The van der Waals surface area contributed by atoms with Gasteiger partial charge in [0.2, 0.25) is 0 Å². The maximum Gasteiger partial charge on any atom is 0.410 e. The first-order valence-electron chi connectivity index (χ1n) is 21.3. The van der Waals surface area contributed by atoms with E-state index in [1.165, 1.54) is 14.0 Å². The molecule has 0 radical (unpaired) electrons. The van der Waals surface area contributed by atoms with Crippen molar-refractivity contribution >= 4 is 23.6 Å². The molecule has 15 heteroatoms. The largest absolute Gasteiger partial charge is 0.457 e. The zero-order chi connectivity index (χ0) is 43.4.